The first-order valence-corrected chi connectivity index (χ1v) is 6.37. The summed E-state index contributed by atoms with van der Waals surface area (Å²) in [7, 11) is 0. The van der Waals surface area contributed by atoms with Crippen molar-refractivity contribution in [3.05, 3.63) is 34.7 Å². The van der Waals surface area contributed by atoms with E-state index in [0.717, 1.165) is 0 Å². The van der Waals surface area contributed by atoms with Crippen molar-refractivity contribution < 1.29 is 9.90 Å². The number of aliphatic hydroxyl groups excluding tert-OH is 1. The number of nitrogens with zero attached hydrogens (tertiary/aromatic N) is 1. The maximum Gasteiger partial charge on any atom is 0.250 e. The summed E-state index contributed by atoms with van der Waals surface area (Å²) < 4.78 is 1.33. The fourth-order valence-corrected chi connectivity index (χ4v) is 1.92. The predicted molar refractivity (Wildman–Crippen MR) is 73.8 cm³/mol. The highest BCUT2D eigenvalue weighted by Crippen LogP contribution is 2.20. The Labute approximate surface area is 113 Å². The van der Waals surface area contributed by atoms with Crippen LogP contribution in [-0.4, -0.2) is 28.2 Å². The highest BCUT2D eigenvalue weighted by atomic mass is 16.3. The topological polar surface area (TPSA) is 71.3 Å². The van der Waals surface area contributed by atoms with Gasteiger partial charge in [-0.25, -0.2) is 0 Å². The smallest absolute Gasteiger partial charge is 0.250 e. The van der Waals surface area contributed by atoms with Crippen LogP contribution in [0.25, 0.3) is 0 Å². The molecule has 0 fully saturated rings. The number of rotatable bonds is 5. The Balaban J connectivity index is 2.59. The average molecular weight is 266 g/mol. The molecule has 0 aliphatic rings. The summed E-state index contributed by atoms with van der Waals surface area (Å²) in [5.41, 5.74) is -0.196. The summed E-state index contributed by atoms with van der Waals surface area (Å²) in [5.74, 6) is -0.267. The third kappa shape index (κ3) is 5.70. The number of pyridine rings is 1. The van der Waals surface area contributed by atoms with Crippen molar-refractivity contribution in [3.8, 4) is 0 Å². The number of aliphatic hydroxyl groups is 1. The zero-order valence-electron chi connectivity index (χ0n) is 11.7. The molecule has 1 aromatic rings. The lowest BCUT2D eigenvalue weighted by molar-refractivity contribution is -0.122. The van der Waals surface area contributed by atoms with Crippen LogP contribution < -0.4 is 10.9 Å². The summed E-state index contributed by atoms with van der Waals surface area (Å²) in [4.78, 5) is 23.3. The molecule has 0 aliphatic carbocycles. The molecular weight excluding hydrogens is 244 g/mol. The summed E-state index contributed by atoms with van der Waals surface area (Å²) >= 11 is 0. The van der Waals surface area contributed by atoms with Crippen LogP contribution >= 0.6 is 0 Å². The van der Waals surface area contributed by atoms with Gasteiger partial charge >= 0.3 is 0 Å². The van der Waals surface area contributed by atoms with E-state index in [1.807, 2.05) is 20.8 Å². The molecule has 0 aliphatic heterocycles. The van der Waals surface area contributed by atoms with Gasteiger partial charge in [-0.05, 0) is 17.9 Å². The first kappa shape index (κ1) is 15.4. The quantitative estimate of drug-likeness (QED) is 0.826. The molecule has 5 nitrogen and oxygen atoms in total. The molecule has 2 N–H and O–H groups in total. The highest BCUT2D eigenvalue weighted by Gasteiger charge is 2.19. The fourth-order valence-electron chi connectivity index (χ4n) is 1.92. The number of carbonyl (C=O) groups excluding carboxylic acids is 1. The van der Waals surface area contributed by atoms with E-state index in [9.17, 15) is 14.7 Å². The standard InChI is InChI=1S/C14H22N2O3/c1-14(2,3)8-11(10-17)15-12(18)9-16-7-5-4-6-13(16)19/h4-7,11,17H,8-10H2,1-3H3,(H,15,18). The van der Waals surface area contributed by atoms with Gasteiger partial charge in [-0.3, -0.25) is 9.59 Å². The van der Waals surface area contributed by atoms with E-state index in [4.69, 9.17) is 0 Å². The van der Waals surface area contributed by atoms with Crippen molar-refractivity contribution in [2.45, 2.75) is 39.8 Å². The number of amides is 1. The van der Waals surface area contributed by atoms with Crippen molar-refractivity contribution in [3.63, 3.8) is 0 Å². The molecule has 0 radical (unpaired) electrons. The third-order valence-electron chi connectivity index (χ3n) is 2.66. The number of hydrogen-bond acceptors (Lipinski definition) is 3. The number of hydrogen-bond donors (Lipinski definition) is 2. The Kier molecular flexibility index (Phi) is 5.30. The molecule has 1 rings (SSSR count). The number of aromatic nitrogens is 1. The summed E-state index contributed by atoms with van der Waals surface area (Å²) in [6.45, 7) is 6.00. The molecule has 19 heavy (non-hydrogen) atoms. The lowest BCUT2D eigenvalue weighted by Crippen LogP contribution is -2.42. The van der Waals surface area contributed by atoms with Gasteiger partial charge in [0.1, 0.15) is 6.54 Å². The van der Waals surface area contributed by atoms with E-state index in [1.165, 1.54) is 10.6 Å². The van der Waals surface area contributed by atoms with Gasteiger partial charge in [0, 0.05) is 12.3 Å². The molecule has 1 unspecified atom stereocenters. The summed E-state index contributed by atoms with van der Waals surface area (Å²) in [6.07, 6.45) is 2.25. The van der Waals surface area contributed by atoms with Crippen molar-refractivity contribution in [2.75, 3.05) is 6.61 Å². The molecular formula is C14H22N2O3. The van der Waals surface area contributed by atoms with Gasteiger partial charge in [-0.1, -0.05) is 26.8 Å². The Bertz CT molecular complexity index is 474. The second-order valence-electron chi connectivity index (χ2n) is 5.88. The molecule has 0 spiro atoms. The van der Waals surface area contributed by atoms with E-state index in [1.54, 1.807) is 18.3 Å². The fraction of sp³-hybridized carbons (Fsp3) is 0.571. The van der Waals surface area contributed by atoms with Crippen LogP contribution in [0.3, 0.4) is 0 Å². The minimum Gasteiger partial charge on any atom is -0.394 e. The van der Waals surface area contributed by atoms with E-state index < -0.39 is 0 Å². The maximum atomic E-state index is 11.8. The van der Waals surface area contributed by atoms with Gasteiger partial charge in [0.15, 0.2) is 0 Å². The molecule has 1 amide bonds. The number of nitrogens with one attached hydrogen (secondary N) is 1. The first-order chi connectivity index (χ1) is 8.81. The number of carbonyl (C=O) groups is 1. The van der Waals surface area contributed by atoms with Crippen molar-refractivity contribution in [1.82, 2.24) is 9.88 Å². The van der Waals surface area contributed by atoms with Gasteiger partial charge in [0.2, 0.25) is 5.91 Å². The largest absolute Gasteiger partial charge is 0.394 e. The van der Waals surface area contributed by atoms with Crippen molar-refractivity contribution in [2.24, 2.45) is 5.41 Å². The van der Waals surface area contributed by atoms with Crippen LogP contribution in [0.1, 0.15) is 27.2 Å². The van der Waals surface area contributed by atoms with E-state index in [0.29, 0.717) is 6.42 Å². The first-order valence-electron chi connectivity index (χ1n) is 6.37. The normalized spacial score (nSPS) is 13.1. The van der Waals surface area contributed by atoms with Crippen LogP contribution in [0, 0.1) is 5.41 Å². The second kappa shape index (κ2) is 6.52. The lowest BCUT2D eigenvalue weighted by atomic mass is 9.88. The van der Waals surface area contributed by atoms with Crippen LogP contribution in [0.5, 0.6) is 0 Å². The van der Waals surface area contributed by atoms with Gasteiger partial charge < -0.3 is 15.0 Å². The Morgan fingerprint density at radius 3 is 2.63 bits per heavy atom. The average Bonchev–Trinajstić information content (AvgIpc) is 2.29. The molecule has 0 bridgehead atoms. The molecule has 1 atom stereocenters. The predicted octanol–water partition coefficient (Wildman–Crippen LogP) is 0.762. The molecule has 1 heterocycles. The van der Waals surface area contributed by atoms with Crippen LogP contribution in [0.15, 0.2) is 29.2 Å². The van der Waals surface area contributed by atoms with Gasteiger partial charge in [0.05, 0.1) is 12.6 Å². The maximum absolute atomic E-state index is 11.8. The van der Waals surface area contributed by atoms with Crippen LogP contribution in [0.2, 0.25) is 0 Å². The van der Waals surface area contributed by atoms with Crippen molar-refractivity contribution in [1.29, 1.82) is 0 Å². The molecule has 5 heteroatoms. The highest BCUT2D eigenvalue weighted by molar-refractivity contribution is 5.76. The molecule has 106 valence electrons. The minimum atomic E-state index is -0.285. The van der Waals surface area contributed by atoms with E-state index in [-0.39, 0.29) is 36.1 Å². The lowest BCUT2D eigenvalue weighted by Gasteiger charge is -2.25. The minimum absolute atomic E-state index is 0.0181. The Hall–Kier alpha value is -1.62. The van der Waals surface area contributed by atoms with Crippen LogP contribution in [-0.2, 0) is 11.3 Å². The Morgan fingerprint density at radius 1 is 1.42 bits per heavy atom. The monoisotopic (exact) mass is 266 g/mol. The molecule has 1 aromatic heterocycles. The van der Waals surface area contributed by atoms with Gasteiger partial charge in [-0.15, -0.1) is 0 Å². The third-order valence-corrected chi connectivity index (χ3v) is 2.66. The zero-order valence-corrected chi connectivity index (χ0v) is 11.7. The second-order valence-corrected chi connectivity index (χ2v) is 5.88. The summed E-state index contributed by atoms with van der Waals surface area (Å²) in [5, 5.41) is 12.0. The van der Waals surface area contributed by atoms with Gasteiger partial charge in [-0.2, -0.15) is 0 Å². The SMILES string of the molecule is CC(C)(C)CC(CO)NC(=O)Cn1ccccc1=O. The van der Waals surface area contributed by atoms with E-state index >= 15 is 0 Å². The van der Waals surface area contributed by atoms with Crippen LogP contribution in [0.4, 0.5) is 0 Å². The Morgan fingerprint density at radius 2 is 2.11 bits per heavy atom. The zero-order chi connectivity index (χ0) is 14.5. The van der Waals surface area contributed by atoms with Crippen molar-refractivity contribution >= 4 is 5.91 Å². The van der Waals surface area contributed by atoms with Gasteiger partial charge in [0.25, 0.3) is 5.56 Å². The molecule has 0 aromatic carbocycles. The molecule has 0 saturated carbocycles. The summed E-state index contributed by atoms with van der Waals surface area (Å²) in [6, 6.07) is 4.46. The molecule has 0 saturated heterocycles. The van der Waals surface area contributed by atoms with E-state index in [2.05, 4.69) is 5.32 Å².